The zero-order valence-corrected chi connectivity index (χ0v) is 20.7. The second-order valence-electron chi connectivity index (χ2n) is 8.63. The average molecular weight is 492 g/mol. The molecule has 8 heteroatoms. The van der Waals surface area contributed by atoms with Crippen LogP contribution in [0.4, 0.5) is 5.69 Å². The van der Waals surface area contributed by atoms with Gasteiger partial charge in [-0.25, -0.2) is 8.42 Å². The third-order valence-electron chi connectivity index (χ3n) is 6.18. The first-order chi connectivity index (χ1) is 16.8. The monoisotopic (exact) mass is 491 g/mol. The Labute approximate surface area is 206 Å². The Morgan fingerprint density at radius 2 is 1.20 bits per heavy atom. The van der Waals surface area contributed by atoms with E-state index < -0.39 is 10.0 Å². The number of rotatable bonds is 6. The van der Waals surface area contributed by atoms with Crippen LogP contribution in [0.2, 0.25) is 0 Å². The lowest BCUT2D eigenvalue weighted by Crippen LogP contribution is -2.50. The minimum atomic E-state index is -3.76. The van der Waals surface area contributed by atoms with Crippen LogP contribution in [0.5, 0.6) is 0 Å². The van der Waals surface area contributed by atoms with E-state index in [1.165, 1.54) is 29.8 Å². The minimum Gasteiger partial charge on any atom is -0.335 e. The molecule has 0 bridgehead atoms. The number of carbonyl (C=O) groups is 2. The van der Waals surface area contributed by atoms with E-state index in [0.29, 0.717) is 43.0 Å². The summed E-state index contributed by atoms with van der Waals surface area (Å²) in [5.74, 6) is -0.213. The number of amides is 2. The number of nitrogens with zero attached hydrogens (tertiary/aromatic N) is 2. The smallest absolute Gasteiger partial charge is 0.261 e. The molecule has 2 amide bonds. The highest BCUT2D eigenvalue weighted by atomic mass is 32.2. The molecule has 4 rings (SSSR count). The number of sulfonamides is 1. The summed E-state index contributed by atoms with van der Waals surface area (Å²) >= 11 is 0. The Bertz CT molecular complexity index is 1290. The molecular weight excluding hydrogens is 462 g/mol. The van der Waals surface area contributed by atoms with Gasteiger partial charge in [-0.1, -0.05) is 36.8 Å². The van der Waals surface area contributed by atoms with Crippen molar-refractivity contribution in [3.05, 3.63) is 95.1 Å². The van der Waals surface area contributed by atoms with E-state index >= 15 is 0 Å². The molecule has 1 aliphatic rings. The van der Waals surface area contributed by atoms with Crippen molar-refractivity contribution in [3.63, 3.8) is 0 Å². The van der Waals surface area contributed by atoms with Gasteiger partial charge in [0.2, 0.25) is 0 Å². The topological polar surface area (TPSA) is 86.8 Å². The summed E-state index contributed by atoms with van der Waals surface area (Å²) in [4.78, 5) is 29.3. The summed E-state index contributed by atoms with van der Waals surface area (Å²) < 4.78 is 27.9. The zero-order valence-electron chi connectivity index (χ0n) is 19.9. The summed E-state index contributed by atoms with van der Waals surface area (Å²) in [6.07, 6.45) is 0.922. The van der Waals surface area contributed by atoms with Crippen molar-refractivity contribution in [2.24, 2.45) is 0 Å². The molecule has 0 aliphatic carbocycles. The molecule has 1 aliphatic heterocycles. The molecule has 182 valence electrons. The molecule has 35 heavy (non-hydrogen) atoms. The third kappa shape index (κ3) is 5.71. The summed E-state index contributed by atoms with van der Waals surface area (Å²) in [6, 6.07) is 20.6. The van der Waals surface area contributed by atoms with E-state index in [1.807, 2.05) is 43.3 Å². The summed E-state index contributed by atoms with van der Waals surface area (Å²) in [7, 11) is -3.76. The van der Waals surface area contributed by atoms with Gasteiger partial charge in [0.1, 0.15) is 0 Å². The van der Waals surface area contributed by atoms with Crippen LogP contribution in [-0.2, 0) is 16.4 Å². The van der Waals surface area contributed by atoms with Crippen LogP contribution in [0.25, 0.3) is 0 Å². The normalized spacial score (nSPS) is 14.0. The van der Waals surface area contributed by atoms with Gasteiger partial charge in [0.25, 0.3) is 21.8 Å². The van der Waals surface area contributed by atoms with E-state index in [9.17, 15) is 18.0 Å². The molecule has 0 radical (unpaired) electrons. The fourth-order valence-corrected chi connectivity index (χ4v) is 5.03. The Kier molecular flexibility index (Phi) is 7.21. The largest absolute Gasteiger partial charge is 0.335 e. The standard InChI is InChI=1S/C27H29N3O4S/c1-3-21-6-8-22(9-7-21)26(31)29-16-18-30(19-17-29)27(32)23-10-14-25(15-11-23)35(33,34)28-24-12-4-20(2)5-13-24/h4-15,28H,3,16-19H2,1-2H3. The van der Waals surface area contributed by atoms with Crippen molar-refractivity contribution in [3.8, 4) is 0 Å². The number of hydrogen-bond acceptors (Lipinski definition) is 4. The lowest BCUT2D eigenvalue weighted by molar-refractivity contribution is 0.0535. The lowest BCUT2D eigenvalue weighted by Gasteiger charge is -2.35. The predicted molar refractivity (Wildman–Crippen MR) is 136 cm³/mol. The van der Waals surface area contributed by atoms with Crippen LogP contribution in [0, 0.1) is 6.92 Å². The van der Waals surface area contributed by atoms with E-state index in [-0.39, 0.29) is 16.7 Å². The van der Waals surface area contributed by atoms with Crippen molar-refractivity contribution in [2.45, 2.75) is 25.2 Å². The molecule has 3 aromatic rings. The van der Waals surface area contributed by atoms with Crippen molar-refractivity contribution in [2.75, 3.05) is 30.9 Å². The molecule has 7 nitrogen and oxygen atoms in total. The number of benzene rings is 3. The molecular formula is C27H29N3O4S. The first-order valence-electron chi connectivity index (χ1n) is 11.6. The van der Waals surface area contributed by atoms with E-state index in [0.717, 1.165) is 12.0 Å². The maximum Gasteiger partial charge on any atom is 0.261 e. The summed E-state index contributed by atoms with van der Waals surface area (Å²) in [5.41, 5.74) is 3.75. The quantitative estimate of drug-likeness (QED) is 0.566. The number of piperazine rings is 1. The highest BCUT2D eigenvalue weighted by Gasteiger charge is 2.26. The number of aryl methyl sites for hydroxylation is 2. The molecule has 0 aromatic heterocycles. The third-order valence-corrected chi connectivity index (χ3v) is 7.58. The first-order valence-corrected chi connectivity index (χ1v) is 13.1. The van der Waals surface area contributed by atoms with Crippen LogP contribution < -0.4 is 4.72 Å². The second-order valence-corrected chi connectivity index (χ2v) is 10.3. The maximum atomic E-state index is 13.0. The highest BCUT2D eigenvalue weighted by molar-refractivity contribution is 7.92. The van der Waals surface area contributed by atoms with Gasteiger partial charge >= 0.3 is 0 Å². The zero-order chi connectivity index (χ0) is 25.0. The van der Waals surface area contributed by atoms with E-state index in [1.54, 1.807) is 21.9 Å². The Hall–Kier alpha value is -3.65. The van der Waals surface area contributed by atoms with Crippen LogP contribution in [0.1, 0.15) is 38.8 Å². The Morgan fingerprint density at radius 1 is 0.743 bits per heavy atom. The van der Waals surface area contributed by atoms with Crippen LogP contribution >= 0.6 is 0 Å². The molecule has 1 saturated heterocycles. The molecule has 1 heterocycles. The van der Waals surface area contributed by atoms with Gasteiger partial charge in [0, 0.05) is 43.0 Å². The van der Waals surface area contributed by atoms with Crippen molar-refractivity contribution in [1.82, 2.24) is 9.80 Å². The molecule has 0 atom stereocenters. The molecule has 3 aromatic carbocycles. The van der Waals surface area contributed by atoms with Gasteiger partial charge in [0.15, 0.2) is 0 Å². The predicted octanol–water partition coefficient (Wildman–Crippen LogP) is 3.96. The Balaban J connectivity index is 1.36. The highest BCUT2D eigenvalue weighted by Crippen LogP contribution is 2.19. The fourth-order valence-electron chi connectivity index (χ4n) is 3.97. The van der Waals surface area contributed by atoms with E-state index in [2.05, 4.69) is 11.6 Å². The second kappa shape index (κ2) is 10.3. The molecule has 0 unspecified atom stereocenters. The minimum absolute atomic E-state index is 0.0320. The molecule has 0 spiro atoms. The maximum absolute atomic E-state index is 13.0. The van der Waals surface area contributed by atoms with Crippen LogP contribution in [-0.4, -0.2) is 56.2 Å². The Morgan fingerprint density at radius 3 is 1.66 bits per heavy atom. The number of anilines is 1. The van der Waals surface area contributed by atoms with E-state index in [4.69, 9.17) is 0 Å². The first kappa shape index (κ1) is 24.5. The van der Waals surface area contributed by atoms with Gasteiger partial charge in [-0.05, 0) is 67.4 Å². The van der Waals surface area contributed by atoms with Gasteiger partial charge in [-0.15, -0.1) is 0 Å². The van der Waals surface area contributed by atoms with Gasteiger partial charge < -0.3 is 9.80 Å². The lowest BCUT2D eigenvalue weighted by atomic mass is 10.1. The molecule has 1 fully saturated rings. The van der Waals surface area contributed by atoms with Gasteiger partial charge in [-0.2, -0.15) is 0 Å². The summed E-state index contributed by atoms with van der Waals surface area (Å²) in [6.45, 7) is 5.75. The van der Waals surface area contributed by atoms with Crippen LogP contribution in [0.15, 0.2) is 77.7 Å². The van der Waals surface area contributed by atoms with Gasteiger partial charge in [0.05, 0.1) is 4.90 Å². The number of nitrogens with one attached hydrogen (secondary N) is 1. The van der Waals surface area contributed by atoms with Crippen molar-refractivity contribution < 1.29 is 18.0 Å². The van der Waals surface area contributed by atoms with Gasteiger partial charge in [-0.3, -0.25) is 14.3 Å². The van der Waals surface area contributed by atoms with Crippen molar-refractivity contribution >= 4 is 27.5 Å². The van der Waals surface area contributed by atoms with Crippen LogP contribution in [0.3, 0.4) is 0 Å². The number of hydrogen-bond donors (Lipinski definition) is 1. The average Bonchev–Trinajstić information content (AvgIpc) is 2.89. The summed E-state index contributed by atoms with van der Waals surface area (Å²) in [5, 5.41) is 0. The number of carbonyl (C=O) groups excluding carboxylic acids is 2. The molecule has 1 N–H and O–H groups in total. The SMILES string of the molecule is CCc1ccc(C(=O)N2CCN(C(=O)c3ccc(S(=O)(=O)Nc4ccc(C)cc4)cc3)CC2)cc1. The fraction of sp³-hybridized carbons (Fsp3) is 0.259. The molecule has 0 saturated carbocycles. The van der Waals surface area contributed by atoms with Crippen molar-refractivity contribution in [1.29, 1.82) is 0 Å².